The molecule has 9 heteroatoms. The number of nitrogens with zero attached hydrogens (tertiary/aromatic N) is 1. The molecule has 0 fully saturated rings. The number of aryl methyl sites for hydroxylation is 1. The van der Waals surface area contributed by atoms with E-state index in [2.05, 4.69) is 5.32 Å². The Hall–Kier alpha value is -2.23. The summed E-state index contributed by atoms with van der Waals surface area (Å²) in [6.07, 6.45) is 1.09. The molecule has 2 aromatic rings. The van der Waals surface area contributed by atoms with Crippen LogP contribution < -0.4 is 5.32 Å². The van der Waals surface area contributed by atoms with Gasteiger partial charge in [0.15, 0.2) is 9.84 Å². The summed E-state index contributed by atoms with van der Waals surface area (Å²) in [4.78, 5) is 12.9. The number of benzene rings is 2. The van der Waals surface area contributed by atoms with Crippen LogP contribution in [0.5, 0.6) is 0 Å². The summed E-state index contributed by atoms with van der Waals surface area (Å²) in [5.74, 6) is -0.402. The van der Waals surface area contributed by atoms with E-state index < -0.39 is 31.8 Å². The lowest BCUT2D eigenvalue weighted by Gasteiger charge is -2.17. The molecule has 1 atom stereocenters. The lowest BCUT2D eigenvalue weighted by Crippen LogP contribution is -2.27. The van der Waals surface area contributed by atoms with E-state index in [1.54, 1.807) is 32.0 Å². The molecular formula is C19H24N2O5S2. The molecule has 1 N–H and O–H groups in total. The van der Waals surface area contributed by atoms with Crippen LogP contribution in [0.2, 0.25) is 0 Å². The van der Waals surface area contributed by atoms with Crippen molar-refractivity contribution in [1.29, 1.82) is 0 Å². The highest BCUT2D eigenvalue weighted by Crippen LogP contribution is 2.20. The zero-order chi connectivity index (χ0) is 21.3. The van der Waals surface area contributed by atoms with Crippen molar-refractivity contribution >= 4 is 25.8 Å². The largest absolute Gasteiger partial charge is 0.346 e. The summed E-state index contributed by atoms with van der Waals surface area (Å²) in [7, 11) is -4.03. The number of hydrogen-bond acceptors (Lipinski definition) is 5. The Bertz CT molecular complexity index is 1090. The van der Waals surface area contributed by atoms with Crippen LogP contribution in [-0.4, -0.2) is 47.4 Å². The summed E-state index contributed by atoms with van der Waals surface area (Å²) in [5.41, 5.74) is 1.66. The van der Waals surface area contributed by atoms with Crippen LogP contribution in [0.15, 0.2) is 52.3 Å². The first-order valence-corrected chi connectivity index (χ1v) is 11.8. The molecule has 0 aliphatic heterocycles. The average Bonchev–Trinajstić information content (AvgIpc) is 2.60. The average molecular weight is 425 g/mol. The first kappa shape index (κ1) is 22.1. The lowest BCUT2D eigenvalue weighted by molar-refractivity contribution is 0.0939. The Labute approximate surface area is 166 Å². The predicted octanol–water partition coefficient (Wildman–Crippen LogP) is 2.14. The van der Waals surface area contributed by atoms with Crippen LogP contribution in [0.1, 0.15) is 34.5 Å². The van der Waals surface area contributed by atoms with Gasteiger partial charge in [-0.25, -0.2) is 21.1 Å². The monoisotopic (exact) mass is 424 g/mol. The van der Waals surface area contributed by atoms with E-state index in [0.29, 0.717) is 5.56 Å². The van der Waals surface area contributed by atoms with Crippen LogP contribution in [0, 0.1) is 6.92 Å². The Morgan fingerprint density at radius 3 is 2.00 bits per heavy atom. The van der Waals surface area contributed by atoms with Crippen molar-refractivity contribution in [3.05, 3.63) is 59.2 Å². The number of sulfonamides is 1. The fourth-order valence-electron chi connectivity index (χ4n) is 2.57. The van der Waals surface area contributed by atoms with Crippen molar-refractivity contribution in [2.45, 2.75) is 29.7 Å². The van der Waals surface area contributed by atoms with Crippen LogP contribution >= 0.6 is 0 Å². The molecule has 0 aromatic heterocycles. The Morgan fingerprint density at radius 2 is 1.50 bits per heavy atom. The minimum absolute atomic E-state index is 0.0779. The zero-order valence-electron chi connectivity index (χ0n) is 16.4. The maximum absolute atomic E-state index is 12.6. The third kappa shape index (κ3) is 4.78. The molecule has 2 rings (SSSR count). The highest BCUT2D eigenvalue weighted by Gasteiger charge is 2.19. The number of hydrogen-bond donors (Lipinski definition) is 1. The minimum Gasteiger partial charge on any atom is -0.346 e. The number of carbonyl (C=O) groups is 1. The summed E-state index contributed by atoms with van der Waals surface area (Å²) in [5, 5.41) is 2.82. The van der Waals surface area contributed by atoms with Gasteiger partial charge in [0.25, 0.3) is 5.91 Å². The van der Waals surface area contributed by atoms with Gasteiger partial charge >= 0.3 is 0 Å². The number of carbonyl (C=O) groups excluding carboxylic acids is 1. The maximum atomic E-state index is 12.6. The van der Waals surface area contributed by atoms with E-state index in [4.69, 9.17) is 0 Å². The van der Waals surface area contributed by atoms with E-state index in [-0.39, 0.29) is 15.4 Å². The second-order valence-corrected chi connectivity index (χ2v) is 11.0. The molecule has 0 saturated carbocycles. The third-order valence-corrected chi connectivity index (χ3v) is 7.33. The van der Waals surface area contributed by atoms with E-state index in [0.717, 1.165) is 16.1 Å². The molecule has 1 unspecified atom stereocenters. The predicted molar refractivity (Wildman–Crippen MR) is 107 cm³/mol. The fraction of sp³-hybridized carbons (Fsp3) is 0.316. The third-order valence-electron chi connectivity index (χ3n) is 4.39. The number of amides is 1. The Morgan fingerprint density at radius 1 is 0.964 bits per heavy atom. The van der Waals surface area contributed by atoms with Gasteiger partial charge in [0.1, 0.15) is 0 Å². The van der Waals surface area contributed by atoms with Crippen molar-refractivity contribution in [1.82, 2.24) is 9.62 Å². The summed E-state index contributed by atoms with van der Waals surface area (Å²) >= 11 is 0. The SMILES string of the molecule is Cc1ccc(S(C)(=O)=O)cc1C(=O)NC(C)c1ccc(S(=O)(=O)N(C)C)cc1. The molecule has 1 amide bonds. The molecule has 0 saturated heterocycles. The molecule has 28 heavy (non-hydrogen) atoms. The molecule has 7 nitrogen and oxygen atoms in total. The van der Waals surface area contributed by atoms with E-state index in [9.17, 15) is 21.6 Å². The quantitative estimate of drug-likeness (QED) is 0.766. The first-order valence-electron chi connectivity index (χ1n) is 8.48. The van der Waals surface area contributed by atoms with Gasteiger partial charge in [-0.2, -0.15) is 0 Å². The van der Waals surface area contributed by atoms with Crippen molar-refractivity contribution in [2.24, 2.45) is 0 Å². The van der Waals surface area contributed by atoms with E-state index in [1.807, 2.05) is 0 Å². The van der Waals surface area contributed by atoms with Gasteiger partial charge in [0, 0.05) is 25.9 Å². The van der Waals surface area contributed by atoms with Crippen molar-refractivity contribution in [2.75, 3.05) is 20.4 Å². The van der Waals surface area contributed by atoms with Crippen molar-refractivity contribution in [3.8, 4) is 0 Å². The fourth-order valence-corrected chi connectivity index (χ4v) is 4.12. The molecule has 0 aliphatic carbocycles. The molecule has 0 aliphatic rings. The van der Waals surface area contributed by atoms with Crippen LogP contribution in [0.25, 0.3) is 0 Å². The van der Waals surface area contributed by atoms with Crippen LogP contribution in [0.4, 0.5) is 0 Å². The van der Waals surface area contributed by atoms with Crippen molar-refractivity contribution in [3.63, 3.8) is 0 Å². The summed E-state index contributed by atoms with van der Waals surface area (Å²) in [6, 6.07) is 10.3. The minimum atomic E-state index is -3.52. The summed E-state index contributed by atoms with van der Waals surface area (Å²) in [6.45, 7) is 3.50. The Balaban J connectivity index is 2.24. The Kier molecular flexibility index (Phi) is 6.32. The molecule has 0 heterocycles. The standard InChI is InChI=1S/C19H24N2O5S2/c1-13-6-9-17(27(5,23)24)12-18(13)19(22)20-14(2)15-7-10-16(11-8-15)28(25,26)21(3)4/h6-12,14H,1-5H3,(H,20,22). The normalized spacial score (nSPS) is 13.4. The number of sulfone groups is 1. The second-order valence-electron chi connectivity index (χ2n) is 6.80. The molecule has 152 valence electrons. The van der Waals surface area contributed by atoms with Gasteiger partial charge < -0.3 is 5.32 Å². The first-order chi connectivity index (χ1) is 12.8. The van der Waals surface area contributed by atoms with Crippen LogP contribution in [-0.2, 0) is 19.9 Å². The molecule has 0 spiro atoms. The number of rotatable bonds is 6. The maximum Gasteiger partial charge on any atom is 0.252 e. The molecule has 0 radical (unpaired) electrons. The van der Waals surface area contributed by atoms with Gasteiger partial charge in [-0.1, -0.05) is 18.2 Å². The molecule has 2 aromatic carbocycles. The van der Waals surface area contributed by atoms with Gasteiger partial charge in [-0.15, -0.1) is 0 Å². The van der Waals surface area contributed by atoms with E-state index in [1.165, 1.54) is 38.4 Å². The van der Waals surface area contributed by atoms with E-state index >= 15 is 0 Å². The van der Waals surface area contributed by atoms with Gasteiger partial charge in [0.2, 0.25) is 10.0 Å². The smallest absolute Gasteiger partial charge is 0.252 e. The highest BCUT2D eigenvalue weighted by molar-refractivity contribution is 7.90. The molecule has 0 bridgehead atoms. The van der Waals surface area contributed by atoms with Crippen LogP contribution in [0.3, 0.4) is 0 Å². The topological polar surface area (TPSA) is 101 Å². The van der Waals surface area contributed by atoms with Gasteiger partial charge in [0.05, 0.1) is 15.8 Å². The zero-order valence-corrected chi connectivity index (χ0v) is 18.1. The second kappa shape index (κ2) is 8.02. The summed E-state index contributed by atoms with van der Waals surface area (Å²) < 4.78 is 48.9. The van der Waals surface area contributed by atoms with Crippen molar-refractivity contribution < 1.29 is 21.6 Å². The number of nitrogens with one attached hydrogen (secondary N) is 1. The highest BCUT2D eigenvalue weighted by atomic mass is 32.2. The molecular weight excluding hydrogens is 400 g/mol. The van der Waals surface area contributed by atoms with Gasteiger partial charge in [-0.05, 0) is 49.2 Å². The lowest BCUT2D eigenvalue weighted by atomic mass is 10.1. The van der Waals surface area contributed by atoms with Gasteiger partial charge in [-0.3, -0.25) is 4.79 Å².